The lowest BCUT2D eigenvalue weighted by Crippen LogP contribution is -2.32. The van der Waals surface area contributed by atoms with Gasteiger partial charge in [0.15, 0.2) is 6.61 Å². The predicted octanol–water partition coefficient (Wildman–Crippen LogP) is 2.06. The average molecular weight is 275 g/mol. The van der Waals surface area contributed by atoms with Crippen molar-refractivity contribution in [3.8, 4) is 5.75 Å². The fourth-order valence-corrected chi connectivity index (χ4v) is 3.12. The van der Waals surface area contributed by atoms with Crippen LogP contribution in [-0.4, -0.2) is 35.6 Å². The van der Waals surface area contributed by atoms with Gasteiger partial charge in [0.25, 0.3) is 5.91 Å². The van der Waals surface area contributed by atoms with Crippen LogP contribution < -0.4 is 4.74 Å². The Bertz CT molecular complexity index is 494. The Morgan fingerprint density at radius 2 is 2.10 bits per heavy atom. The summed E-state index contributed by atoms with van der Waals surface area (Å²) in [5.41, 5.74) is 2.03. The van der Waals surface area contributed by atoms with Gasteiger partial charge in [0.2, 0.25) is 0 Å². The number of nitrogens with zero attached hydrogens (tertiary/aromatic N) is 1. The Hall–Kier alpha value is -1.55. The van der Waals surface area contributed by atoms with E-state index in [0.717, 1.165) is 62.1 Å². The smallest absolute Gasteiger partial charge is 0.260 e. The Balaban J connectivity index is 1.68. The van der Waals surface area contributed by atoms with Crippen molar-refractivity contribution in [2.75, 3.05) is 19.7 Å². The molecule has 3 rings (SSSR count). The number of hydrogen-bond acceptors (Lipinski definition) is 3. The Morgan fingerprint density at radius 1 is 1.30 bits per heavy atom. The summed E-state index contributed by atoms with van der Waals surface area (Å²) >= 11 is 0. The summed E-state index contributed by atoms with van der Waals surface area (Å²) in [6.45, 7) is 1.81. The van der Waals surface area contributed by atoms with E-state index in [1.807, 2.05) is 23.1 Å². The van der Waals surface area contributed by atoms with Crippen molar-refractivity contribution in [3.05, 3.63) is 29.3 Å². The standard InChI is InChI=1S/C16H21NO3/c18-14-7-3-6-13-12(14)5-4-8-15(13)20-11-16(19)17-9-1-2-10-17/h4-5,8,14,18H,1-3,6-7,9-11H2. The van der Waals surface area contributed by atoms with Gasteiger partial charge in [-0.3, -0.25) is 4.79 Å². The fraction of sp³-hybridized carbons (Fsp3) is 0.562. The molecule has 1 heterocycles. The Kier molecular flexibility index (Phi) is 3.92. The molecule has 4 heteroatoms. The van der Waals surface area contributed by atoms with Crippen LogP contribution in [0.3, 0.4) is 0 Å². The third kappa shape index (κ3) is 2.66. The first-order valence-corrected chi connectivity index (χ1v) is 7.46. The van der Waals surface area contributed by atoms with Crippen molar-refractivity contribution < 1.29 is 14.6 Å². The van der Waals surface area contributed by atoms with E-state index >= 15 is 0 Å². The molecule has 1 atom stereocenters. The maximum atomic E-state index is 12.0. The molecule has 1 N–H and O–H groups in total. The number of amides is 1. The summed E-state index contributed by atoms with van der Waals surface area (Å²) in [5.74, 6) is 0.824. The van der Waals surface area contributed by atoms with E-state index in [9.17, 15) is 9.90 Å². The van der Waals surface area contributed by atoms with E-state index in [4.69, 9.17) is 4.74 Å². The van der Waals surface area contributed by atoms with Gasteiger partial charge in [-0.1, -0.05) is 12.1 Å². The van der Waals surface area contributed by atoms with E-state index in [2.05, 4.69) is 0 Å². The normalized spacial score (nSPS) is 21.6. The monoisotopic (exact) mass is 275 g/mol. The van der Waals surface area contributed by atoms with Crippen LogP contribution in [0.1, 0.15) is 42.9 Å². The summed E-state index contributed by atoms with van der Waals surface area (Å²) in [4.78, 5) is 13.9. The number of hydrogen-bond donors (Lipinski definition) is 1. The van der Waals surface area contributed by atoms with Gasteiger partial charge in [-0.2, -0.15) is 0 Å². The number of ether oxygens (including phenoxy) is 1. The highest BCUT2D eigenvalue weighted by Gasteiger charge is 2.22. The zero-order valence-electron chi connectivity index (χ0n) is 11.7. The molecule has 1 aromatic carbocycles. The fourth-order valence-electron chi connectivity index (χ4n) is 3.12. The summed E-state index contributed by atoms with van der Waals surface area (Å²) in [7, 11) is 0. The number of likely N-dealkylation sites (tertiary alicyclic amines) is 1. The SMILES string of the molecule is O=C(COc1cccc2c1CCCC2O)N1CCCC1. The van der Waals surface area contributed by atoms with Gasteiger partial charge in [-0.05, 0) is 49.3 Å². The minimum atomic E-state index is -0.392. The van der Waals surface area contributed by atoms with Crippen molar-refractivity contribution in [2.45, 2.75) is 38.2 Å². The van der Waals surface area contributed by atoms with Crippen molar-refractivity contribution in [2.24, 2.45) is 0 Å². The molecule has 4 nitrogen and oxygen atoms in total. The number of rotatable bonds is 3. The van der Waals surface area contributed by atoms with Crippen LogP contribution in [0.4, 0.5) is 0 Å². The van der Waals surface area contributed by atoms with Crippen LogP contribution in [0.15, 0.2) is 18.2 Å². The topological polar surface area (TPSA) is 49.8 Å². The lowest BCUT2D eigenvalue weighted by molar-refractivity contribution is -0.132. The van der Waals surface area contributed by atoms with E-state index in [-0.39, 0.29) is 12.5 Å². The number of carbonyl (C=O) groups excluding carboxylic acids is 1. The molecule has 1 aliphatic carbocycles. The van der Waals surface area contributed by atoms with Crippen LogP contribution in [-0.2, 0) is 11.2 Å². The van der Waals surface area contributed by atoms with Gasteiger partial charge in [0, 0.05) is 13.1 Å². The summed E-state index contributed by atoms with van der Waals surface area (Å²) in [6, 6.07) is 5.74. The zero-order valence-corrected chi connectivity index (χ0v) is 11.7. The van der Waals surface area contributed by atoms with Gasteiger partial charge >= 0.3 is 0 Å². The van der Waals surface area contributed by atoms with Gasteiger partial charge < -0.3 is 14.7 Å². The zero-order chi connectivity index (χ0) is 13.9. The second-order valence-electron chi connectivity index (χ2n) is 5.61. The van der Waals surface area contributed by atoms with Crippen LogP contribution in [0.2, 0.25) is 0 Å². The Morgan fingerprint density at radius 3 is 2.90 bits per heavy atom. The molecule has 0 saturated carbocycles. The number of carbonyl (C=O) groups is 1. The van der Waals surface area contributed by atoms with E-state index < -0.39 is 6.10 Å². The molecule has 2 aliphatic rings. The highest BCUT2D eigenvalue weighted by Crippen LogP contribution is 2.35. The van der Waals surface area contributed by atoms with Crippen LogP contribution in [0.5, 0.6) is 5.75 Å². The molecule has 0 spiro atoms. The Labute approximate surface area is 119 Å². The van der Waals surface area contributed by atoms with Crippen LogP contribution in [0.25, 0.3) is 0 Å². The molecule has 20 heavy (non-hydrogen) atoms. The maximum absolute atomic E-state index is 12.0. The second kappa shape index (κ2) is 5.83. The molecular weight excluding hydrogens is 254 g/mol. The molecule has 108 valence electrons. The van der Waals surface area contributed by atoms with Crippen LogP contribution in [0, 0.1) is 0 Å². The molecule has 0 radical (unpaired) electrons. The highest BCUT2D eigenvalue weighted by atomic mass is 16.5. The molecule has 0 bridgehead atoms. The third-order valence-electron chi connectivity index (χ3n) is 4.24. The average Bonchev–Trinajstić information content (AvgIpc) is 2.99. The third-order valence-corrected chi connectivity index (χ3v) is 4.24. The molecule has 1 aliphatic heterocycles. The molecule has 1 saturated heterocycles. The summed E-state index contributed by atoms with van der Waals surface area (Å²) in [5, 5.41) is 10.0. The van der Waals surface area contributed by atoms with Gasteiger partial charge in [0.1, 0.15) is 5.75 Å². The molecule has 1 amide bonds. The van der Waals surface area contributed by atoms with Gasteiger partial charge in [0.05, 0.1) is 6.10 Å². The molecule has 1 fully saturated rings. The quantitative estimate of drug-likeness (QED) is 0.918. The van der Waals surface area contributed by atoms with E-state index in [0.29, 0.717) is 0 Å². The van der Waals surface area contributed by atoms with Crippen molar-refractivity contribution >= 4 is 5.91 Å². The van der Waals surface area contributed by atoms with Gasteiger partial charge in [-0.15, -0.1) is 0 Å². The first-order valence-electron chi connectivity index (χ1n) is 7.46. The highest BCUT2D eigenvalue weighted by molar-refractivity contribution is 5.78. The summed E-state index contributed by atoms with van der Waals surface area (Å²) in [6.07, 6.45) is 4.49. The minimum Gasteiger partial charge on any atom is -0.483 e. The lowest BCUT2D eigenvalue weighted by atomic mass is 9.89. The van der Waals surface area contributed by atoms with E-state index in [1.165, 1.54) is 0 Å². The number of fused-ring (bicyclic) bond motifs is 1. The lowest BCUT2D eigenvalue weighted by Gasteiger charge is -2.24. The second-order valence-corrected chi connectivity index (χ2v) is 5.61. The first-order chi connectivity index (χ1) is 9.75. The van der Waals surface area contributed by atoms with Gasteiger partial charge in [-0.25, -0.2) is 0 Å². The molecule has 1 unspecified atom stereocenters. The molecular formula is C16H21NO3. The predicted molar refractivity (Wildman–Crippen MR) is 75.6 cm³/mol. The summed E-state index contributed by atoms with van der Waals surface area (Å²) < 4.78 is 5.72. The number of aliphatic hydroxyl groups is 1. The van der Waals surface area contributed by atoms with Crippen LogP contribution >= 0.6 is 0 Å². The number of benzene rings is 1. The van der Waals surface area contributed by atoms with Crippen molar-refractivity contribution in [1.29, 1.82) is 0 Å². The largest absolute Gasteiger partial charge is 0.483 e. The molecule has 0 aromatic heterocycles. The van der Waals surface area contributed by atoms with Crippen molar-refractivity contribution in [3.63, 3.8) is 0 Å². The maximum Gasteiger partial charge on any atom is 0.260 e. The number of aliphatic hydroxyl groups excluding tert-OH is 1. The molecule has 1 aromatic rings. The minimum absolute atomic E-state index is 0.0662. The van der Waals surface area contributed by atoms with Crippen molar-refractivity contribution in [1.82, 2.24) is 4.90 Å². The first kappa shape index (κ1) is 13.4. The van der Waals surface area contributed by atoms with E-state index in [1.54, 1.807) is 0 Å².